The molecule has 0 amide bonds. The van der Waals surface area contributed by atoms with Gasteiger partial charge in [-0.25, -0.2) is 4.79 Å². The number of ether oxygens (including phenoxy) is 1. The molecule has 0 radical (unpaired) electrons. The van der Waals surface area contributed by atoms with Crippen LogP contribution in [0.1, 0.15) is 10.4 Å². The largest absolute Gasteiger partial charge is 0.478 e. The third-order valence-electron chi connectivity index (χ3n) is 1.43. The molecule has 0 saturated heterocycles. The first-order valence-corrected chi connectivity index (χ1v) is 4.97. The summed E-state index contributed by atoms with van der Waals surface area (Å²) in [5.41, 5.74) is 0.0927. The average Bonchev–Trinajstić information content (AvgIpc) is 2.10. The van der Waals surface area contributed by atoms with Crippen molar-refractivity contribution < 1.29 is 19.4 Å². The van der Waals surface area contributed by atoms with Crippen LogP contribution in [-0.4, -0.2) is 17.5 Å². The molecule has 74 valence electrons. The van der Waals surface area contributed by atoms with Gasteiger partial charge in [-0.1, -0.05) is 0 Å². The summed E-state index contributed by atoms with van der Waals surface area (Å²) in [4.78, 5) is 20.8. The van der Waals surface area contributed by atoms with Crippen LogP contribution in [0.4, 0.5) is 0 Å². The lowest BCUT2D eigenvalue weighted by atomic mass is 10.2. The average molecular weight is 324 g/mol. The van der Waals surface area contributed by atoms with Crippen LogP contribution in [-0.2, 0) is 4.79 Å². The van der Waals surface area contributed by atoms with E-state index in [-0.39, 0.29) is 17.8 Å². The first-order chi connectivity index (χ1) is 6.56. The predicted octanol–water partition coefficient (Wildman–Crippen LogP) is 2.45. The molecule has 0 heterocycles. The number of rotatable bonds is 3. The van der Waals surface area contributed by atoms with E-state index < -0.39 is 5.97 Å². The summed E-state index contributed by atoms with van der Waals surface area (Å²) in [5.74, 6) is -0.799. The van der Waals surface area contributed by atoms with Crippen LogP contribution in [0.25, 0.3) is 0 Å². The molecule has 0 aliphatic heterocycles. The number of carbonyl (C=O) groups is 2. The highest BCUT2D eigenvalue weighted by Crippen LogP contribution is 2.31. The summed E-state index contributed by atoms with van der Waals surface area (Å²) in [6.07, 6.45) is 0. The molecule has 1 aromatic rings. The Kier molecular flexibility index (Phi) is 3.65. The molecule has 0 fully saturated rings. The molecular formula is C8H4Br2O4. The summed E-state index contributed by atoms with van der Waals surface area (Å²) in [6, 6.07) is 2.76. The number of hydrogen-bond donors (Lipinski definition) is 1. The lowest BCUT2D eigenvalue weighted by Gasteiger charge is -2.04. The van der Waals surface area contributed by atoms with Crippen molar-refractivity contribution in [2.45, 2.75) is 0 Å². The highest BCUT2D eigenvalue weighted by atomic mass is 79.9. The van der Waals surface area contributed by atoms with E-state index in [9.17, 15) is 9.59 Å². The maximum Gasteiger partial charge on any atom is 0.336 e. The van der Waals surface area contributed by atoms with Gasteiger partial charge in [0.05, 0.1) is 10.0 Å². The zero-order valence-electron chi connectivity index (χ0n) is 6.66. The number of halogens is 2. The monoisotopic (exact) mass is 322 g/mol. The van der Waals surface area contributed by atoms with Gasteiger partial charge in [-0.15, -0.1) is 0 Å². The van der Waals surface area contributed by atoms with Crippen molar-refractivity contribution in [3.63, 3.8) is 0 Å². The second-order valence-electron chi connectivity index (χ2n) is 2.28. The minimum atomic E-state index is -1.06. The Labute approximate surface area is 96.1 Å². The molecule has 0 bridgehead atoms. The van der Waals surface area contributed by atoms with Crippen LogP contribution in [0.5, 0.6) is 5.75 Å². The van der Waals surface area contributed by atoms with E-state index in [4.69, 9.17) is 5.11 Å². The van der Waals surface area contributed by atoms with Crippen LogP contribution in [0.15, 0.2) is 21.1 Å². The Bertz CT molecular complexity index is 389. The number of benzene rings is 1. The summed E-state index contributed by atoms with van der Waals surface area (Å²) in [7, 11) is 0. The first-order valence-electron chi connectivity index (χ1n) is 3.39. The number of aromatic carboxylic acids is 1. The normalized spacial score (nSPS) is 9.57. The molecule has 1 aromatic carbocycles. The third-order valence-corrected chi connectivity index (χ3v) is 2.70. The van der Waals surface area contributed by atoms with Gasteiger partial charge in [-0.3, -0.25) is 4.79 Å². The van der Waals surface area contributed by atoms with Crippen molar-refractivity contribution in [2.75, 3.05) is 0 Å². The SMILES string of the molecule is O=COc1cc(Br)c(C(=O)O)cc1Br. The minimum Gasteiger partial charge on any atom is -0.478 e. The molecule has 0 atom stereocenters. The molecule has 0 saturated carbocycles. The predicted molar refractivity (Wildman–Crippen MR) is 55.5 cm³/mol. The van der Waals surface area contributed by atoms with Crippen LogP contribution in [0, 0.1) is 0 Å². The van der Waals surface area contributed by atoms with Gasteiger partial charge >= 0.3 is 5.97 Å². The minimum absolute atomic E-state index is 0.0927. The Balaban J connectivity index is 3.23. The molecule has 14 heavy (non-hydrogen) atoms. The van der Waals surface area contributed by atoms with Crippen LogP contribution in [0.3, 0.4) is 0 Å². The zero-order valence-corrected chi connectivity index (χ0v) is 9.83. The van der Waals surface area contributed by atoms with E-state index in [1.807, 2.05) is 0 Å². The topological polar surface area (TPSA) is 63.6 Å². The van der Waals surface area contributed by atoms with E-state index >= 15 is 0 Å². The first kappa shape index (κ1) is 11.2. The fourth-order valence-electron chi connectivity index (χ4n) is 0.835. The van der Waals surface area contributed by atoms with E-state index in [0.717, 1.165) is 0 Å². The fraction of sp³-hybridized carbons (Fsp3) is 0. The summed E-state index contributed by atoms with van der Waals surface area (Å²) in [6.45, 7) is 0.271. The van der Waals surface area contributed by atoms with Crippen molar-refractivity contribution in [3.8, 4) is 5.75 Å². The fourth-order valence-corrected chi connectivity index (χ4v) is 1.76. The lowest BCUT2D eigenvalue weighted by molar-refractivity contribution is -0.120. The molecule has 0 spiro atoms. The number of carbonyl (C=O) groups excluding carboxylic acids is 1. The van der Waals surface area contributed by atoms with Crippen molar-refractivity contribution in [3.05, 3.63) is 26.6 Å². The van der Waals surface area contributed by atoms with Gasteiger partial charge in [0.2, 0.25) is 0 Å². The number of carboxylic acids is 1. The molecule has 0 aliphatic carbocycles. The van der Waals surface area contributed by atoms with Crippen molar-refractivity contribution >= 4 is 44.3 Å². The maximum atomic E-state index is 10.7. The van der Waals surface area contributed by atoms with Gasteiger partial charge in [0, 0.05) is 4.47 Å². The second kappa shape index (κ2) is 4.56. The maximum absolute atomic E-state index is 10.7. The van der Waals surface area contributed by atoms with E-state index in [2.05, 4.69) is 36.6 Å². The van der Waals surface area contributed by atoms with Crippen LogP contribution in [0.2, 0.25) is 0 Å². The molecular weight excluding hydrogens is 320 g/mol. The molecule has 6 heteroatoms. The molecule has 0 aliphatic rings. The molecule has 4 nitrogen and oxygen atoms in total. The highest BCUT2D eigenvalue weighted by molar-refractivity contribution is 9.11. The summed E-state index contributed by atoms with van der Waals surface area (Å²) >= 11 is 6.14. The van der Waals surface area contributed by atoms with Gasteiger partial charge < -0.3 is 9.84 Å². The zero-order chi connectivity index (χ0) is 10.7. The molecule has 0 aromatic heterocycles. The Hall–Kier alpha value is -0.880. The lowest BCUT2D eigenvalue weighted by Crippen LogP contribution is -1.99. The van der Waals surface area contributed by atoms with Crippen molar-refractivity contribution in [1.29, 1.82) is 0 Å². The van der Waals surface area contributed by atoms with Crippen LogP contribution >= 0.6 is 31.9 Å². The van der Waals surface area contributed by atoms with Crippen molar-refractivity contribution in [2.24, 2.45) is 0 Å². The standard InChI is InChI=1S/C8H4Br2O4/c9-5-2-7(14-3-11)6(10)1-4(5)8(12)13/h1-3H,(H,12,13). The smallest absolute Gasteiger partial charge is 0.336 e. The van der Waals surface area contributed by atoms with Crippen LogP contribution < -0.4 is 4.74 Å². The van der Waals surface area contributed by atoms with Gasteiger partial charge in [-0.05, 0) is 44.0 Å². The van der Waals surface area contributed by atoms with Crippen molar-refractivity contribution in [1.82, 2.24) is 0 Å². The van der Waals surface area contributed by atoms with Gasteiger partial charge in [-0.2, -0.15) is 0 Å². The Morgan fingerprint density at radius 3 is 2.50 bits per heavy atom. The molecule has 1 N–H and O–H groups in total. The van der Waals surface area contributed by atoms with Gasteiger partial charge in [0.25, 0.3) is 6.47 Å². The van der Waals surface area contributed by atoms with E-state index in [0.29, 0.717) is 8.95 Å². The summed E-state index contributed by atoms with van der Waals surface area (Å²) < 4.78 is 5.36. The Morgan fingerprint density at radius 1 is 1.36 bits per heavy atom. The summed E-state index contributed by atoms with van der Waals surface area (Å²) in [5, 5.41) is 8.75. The van der Waals surface area contributed by atoms with Gasteiger partial charge in [0.15, 0.2) is 0 Å². The molecule has 1 rings (SSSR count). The molecule has 0 unspecified atom stereocenters. The Morgan fingerprint density at radius 2 is 2.00 bits per heavy atom. The van der Waals surface area contributed by atoms with Gasteiger partial charge in [0.1, 0.15) is 5.75 Å². The van der Waals surface area contributed by atoms with E-state index in [1.54, 1.807) is 0 Å². The van der Waals surface area contributed by atoms with E-state index in [1.165, 1.54) is 12.1 Å². The number of carboxylic acid groups (broad SMARTS) is 1. The quantitative estimate of drug-likeness (QED) is 0.868. The second-order valence-corrected chi connectivity index (χ2v) is 3.99. The third kappa shape index (κ3) is 2.33. The highest BCUT2D eigenvalue weighted by Gasteiger charge is 2.12. The number of hydrogen-bond acceptors (Lipinski definition) is 3.